The molecule has 1 aliphatic rings. The number of hydrogen-bond acceptors (Lipinski definition) is 4. The number of aryl methyl sites for hydroxylation is 1. The Morgan fingerprint density at radius 3 is 2.76 bits per heavy atom. The zero-order valence-corrected chi connectivity index (χ0v) is 10.7. The lowest BCUT2D eigenvalue weighted by Gasteiger charge is -2.21. The third-order valence-electron chi connectivity index (χ3n) is 2.89. The first-order chi connectivity index (χ1) is 8.07. The van der Waals surface area contributed by atoms with Crippen molar-refractivity contribution in [2.24, 2.45) is 12.8 Å². The van der Waals surface area contributed by atoms with E-state index < -0.39 is 10.0 Å². The van der Waals surface area contributed by atoms with E-state index >= 15 is 0 Å². The fraction of sp³-hybridized carbons (Fsp3) is 0.700. The van der Waals surface area contributed by atoms with E-state index in [1.54, 1.807) is 11.4 Å². The predicted molar refractivity (Wildman–Crippen MR) is 63.8 cm³/mol. The van der Waals surface area contributed by atoms with Gasteiger partial charge in [0.1, 0.15) is 0 Å². The Labute approximate surface area is 101 Å². The van der Waals surface area contributed by atoms with Crippen LogP contribution in [-0.4, -0.2) is 41.6 Å². The van der Waals surface area contributed by atoms with E-state index in [-0.39, 0.29) is 11.1 Å². The van der Waals surface area contributed by atoms with Gasteiger partial charge in [-0.15, -0.1) is 0 Å². The maximum Gasteiger partial charge on any atom is 0.260 e. The number of nitrogens with two attached hydrogens (primary N) is 1. The Morgan fingerprint density at radius 1 is 1.59 bits per heavy atom. The molecule has 7 heteroatoms. The highest BCUT2D eigenvalue weighted by atomic mass is 32.2. The van der Waals surface area contributed by atoms with Crippen molar-refractivity contribution in [3.63, 3.8) is 0 Å². The quantitative estimate of drug-likeness (QED) is 0.774. The van der Waals surface area contributed by atoms with E-state index in [9.17, 15) is 8.42 Å². The highest BCUT2D eigenvalue weighted by molar-refractivity contribution is 7.89. The molecule has 0 aromatic carbocycles. The highest BCUT2D eigenvalue weighted by Gasteiger charge is 2.38. The van der Waals surface area contributed by atoms with Crippen LogP contribution in [0.25, 0.3) is 0 Å². The topological polar surface area (TPSA) is 81.2 Å². The summed E-state index contributed by atoms with van der Waals surface area (Å²) in [4.78, 5) is 0. The van der Waals surface area contributed by atoms with Gasteiger partial charge in [0.05, 0.1) is 6.20 Å². The SMILES string of the molecule is Cn1nccc1S(=O)(=O)N(CCCN)C1CC1. The molecule has 0 atom stereocenters. The molecule has 1 aliphatic carbocycles. The van der Waals surface area contributed by atoms with Crippen molar-refractivity contribution >= 4 is 10.0 Å². The van der Waals surface area contributed by atoms with Gasteiger partial charge in [0.2, 0.25) is 0 Å². The van der Waals surface area contributed by atoms with E-state index in [0.29, 0.717) is 19.5 Å². The van der Waals surface area contributed by atoms with Crippen LogP contribution in [0.4, 0.5) is 0 Å². The molecule has 1 saturated carbocycles. The average molecular weight is 258 g/mol. The molecular formula is C10H18N4O2S. The second kappa shape index (κ2) is 4.75. The van der Waals surface area contributed by atoms with Crippen LogP contribution in [0.5, 0.6) is 0 Å². The van der Waals surface area contributed by atoms with Crippen molar-refractivity contribution in [1.82, 2.24) is 14.1 Å². The molecule has 0 saturated heterocycles. The monoisotopic (exact) mass is 258 g/mol. The summed E-state index contributed by atoms with van der Waals surface area (Å²) in [6.07, 6.45) is 4.08. The number of aromatic nitrogens is 2. The van der Waals surface area contributed by atoms with Crippen LogP contribution in [0, 0.1) is 0 Å². The summed E-state index contributed by atoms with van der Waals surface area (Å²) < 4.78 is 27.8. The molecule has 0 spiro atoms. The van der Waals surface area contributed by atoms with Crippen molar-refractivity contribution < 1.29 is 8.42 Å². The fourth-order valence-corrected chi connectivity index (χ4v) is 3.67. The van der Waals surface area contributed by atoms with Crippen LogP contribution in [0.3, 0.4) is 0 Å². The number of rotatable bonds is 6. The Bertz CT molecular complexity index is 478. The van der Waals surface area contributed by atoms with Gasteiger partial charge in [-0.3, -0.25) is 4.68 Å². The molecular weight excluding hydrogens is 240 g/mol. The van der Waals surface area contributed by atoms with Crippen molar-refractivity contribution in [2.75, 3.05) is 13.1 Å². The first-order valence-electron chi connectivity index (χ1n) is 5.77. The summed E-state index contributed by atoms with van der Waals surface area (Å²) in [5.74, 6) is 0. The van der Waals surface area contributed by atoms with Crippen molar-refractivity contribution in [1.29, 1.82) is 0 Å². The lowest BCUT2D eigenvalue weighted by atomic mass is 10.4. The predicted octanol–water partition coefficient (Wildman–Crippen LogP) is -0.0780. The zero-order chi connectivity index (χ0) is 12.5. The van der Waals surface area contributed by atoms with E-state index in [4.69, 9.17) is 5.73 Å². The van der Waals surface area contributed by atoms with Gasteiger partial charge in [0.15, 0.2) is 5.03 Å². The lowest BCUT2D eigenvalue weighted by molar-refractivity contribution is 0.394. The van der Waals surface area contributed by atoms with Gasteiger partial charge < -0.3 is 5.73 Å². The van der Waals surface area contributed by atoms with Crippen molar-refractivity contribution in [2.45, 2.75) is 30.3 Å². The number of hydrogen-bond donors (Lipinski definition) is 1. The summed E-state index contributed by atoms with van der Waals surface area (Å²) in [5, 5.41) is 4.16. The van der Waals surface area contributed by atoms with Crippen LogP contribution in [0.15, 0.2) is 17.3 Å². The summed E-state index contributed by atoms with van der Waals surface area (Å²) in [5.41, 5.74) is 5.45. The Kier molecular flexibility index (Phi) is 3.50. The minimum Gasteiger partial charge on any atom is -0.330 e. The largest absolute Gasteiger partial charge is 0.330 e. The van der Waals surface area contributed by atoms with Crippen LogP contribution < -0.4 is 5.73 Å². The molecule has 1 heterocycles. The molecule has 1 aromatic heterocycles. The van der Waals surface area contributed by atoms with Crippen molar-refractivity contribution in [3.8, 4) is 0 Å². The first-order valence-corrected chi connectivity index (χ1v) is 7.21. The summed E-state index contributed by atoms with van der Waals surface area (Å²) in [6.45, 7) is 0.999. The van der Waals surface area contributed by atoms with Gasteiger partial charge in [-0.05, 0) is 31.9 Å². The maximum atomic E-state index is 12.4. The Hall–Kier alpha value is -0.920. The second-order valence-corrected chi connectivity index (χ2v) is 6.12. The van der Waals surface area contributed by atoms with E-state index in [1.165, 1.54) is 16.9 Å². The standard InChI is InChI=1S/C10H18N4O2S/c1-13-10(5-7-12-13)17(15,16)14(8-2-6-11)9-3-4-9/h5,7,9H,2-4,6,8,11H2,1H3. The average Bonchev–Trinajstić information content (AvgIpc) is 3.00. The molecule has 2 rings (SSSR count). The normalized spacial score (nSPS) is 16.6. The van der Waals surface area contributed by atoms with Crippen LogP contribution in [0.1, 0.15) is 19.3 Å². The number of nitrogens with zero attached hydrogens (tertiary/aromatic N) is 3. The summed E-state index contributed by atoms with van der Waals surface area (Å²) in [6, 6.07) is 1.69. The minimum absolute atomic E-state index is 0.154. The minimum atomic E-state index is -3.42. The van der Waals surface area contributed by atoms with Gasteiger partial charge in [-0.2, -0.15) is 9.40 Å². The summed E-state index contributed by atoms with van der Waals surface area (Å²) in [7, 11) is -1.78. The fourth-order valence-electron chi connectivity index (χ4n) is 1.84. The molecule has 1 fully saturated rings. The van der Waals surface area contributed by atoms with Crippen LogP contribution in [-0.2, 0) is 17.1 Å². The molecule has 0 aliphatic heterocycles. The van der Waals surface area contributed by atoms with E-state index in [2.05, 4.69) is 5.10 Å². The highest BCUT2D eigenvalue weighted by Crippen LogP contribution is 2.31. The molecule has 2 N–H and O–H groups in total. The van der Waals surface area contributed by atoms with Crippen molar-refractivity contribution in [3.05, 3.63) is 12.3 Å². The molecule has 6 nitrogen and oxygen atoms in total. The maximum absolute atomic E-state index is 12.4. The molecule has 0 amide bonds. The number of sulfonamides is 1. The van der Waals surface area contributed by atoms with Gasteiger partial charge in [0.25, 0.3) is 10.0 Å². The Balaban J connectivity index is 2.25. The van der Waals surface area contributed by atoms with Gasteiger partial charge in [0, 0.05) is 19.6 Å². The molecule has 0 bridgehead atoms. The summed E-state index contributed by atoms with van der Waals surface area (Å²) >= 11 is 0. The third-order valence-corrected chi connectivity index (χ3v) is 4.91. The van der Waals surface area contributed by atoms with Crippen LogP contribution >= 0.6 is 0 Å². The zero-order valence-electron chi connectivity index (χ0n) is 9.91. The Morgan fingerprint density at radius 2 is 2.29 bits per heavy atom. The smallest absolute Gasteiger partial charge is 0.260 e. The molecule has 1 aromatic rings. The molecule has 17 heavy (non-hydrogen) atoms. The first kappa shape index (κ1) is 12.5. The van der Waals surface area contributed by atoms with Gasteiger partial charge in [-0.1, -0.05) is 0 Å². The molecule has 0 radical (unpaired) electrons. The van der Waals surface area contributed by atoms with Gasteiger partial charge >= 0.3 is 0 Å². The second-order valence-electron chi connectivity index (χ2n) is 4.28. The molecule has 0 unspecified atom stereocenters. The lowest BCUT2D eigenvalue weighted by Crippen LogP contribution is -2.35. The van der Waals surface area contributed by atoms with Gasteiger partial charge in [-0.25, -0.2) is 8.42 Å². The van der Waals surface area contributed by atoms with E-state index in [1.807, 2.05) is 0 Å². The third kappa shape index (κ3) is 2.51. The molecule has 96 valence electrons. The van der Waals surface area contributed by atoms with Crippen LogP contribution in [0.2, 0.25) is 0 Å². The van der Waals surface area contributed by atoms with E-state index in [0.717, 1.165) is 12.8 Å².